The Kier molecular flexibility index (Phi) is 2.87. The summed E-state index contributed by atoms with van der Waals surface area (Å²) < 4.78 is 9.91. The maximum Gasteiger partial charge on any atom is 0.337 e. The number of hydrogen-bond acceptors (Lipinski definition) is 4. The zero-order chi connectivity index (χ0) is 12.4. The van der Waals surface area contributed by atoms with Crippen molar-refractivity contribution in [1.82, 2.24) is 0 Å². The van der Waals surface area contributed by atoms with Crippen LogP contribution in [0.2, 0.25) is 0 Å². The molecule has 0 saturated carbocycles. The van der Waals surface area contributed by atoms with Crippen molar-refractivity contribution in [2.75, 3.05) is 7.11 Å². The molecule has 0 fully saturated rings. The van der Waals surface area contributed by atoms with E-state index in [1.807, 2.05) is 0 Å². The van der Waals surface area contributed by atoms with Gasteiger partial charge < -0.3 is 14.3 Å². The molecular weight excluding hydrogens is 220 g/mol. The summed E-state index contributed by atoms with van der Waals surface area (Å²) in [4.78, 5) is 11.5. The molecule has 0 spiro atoms. The van der Waals surface area contributed by atoms with E-state index in [1.54, 1.807) is 18.2 Å². The summed E-state index contributed by atoms with van der Waals surface area (Å²) in [5, 5.41) is 10.1. The van der Waals surface area contributed by atoms with Crippen molar-refractivity contribution < 1.29 is 19.1 Å². The van der Waals surface area contributed by atoms with Gasteiger partial charge in [0.25, 0.3) is 0 Å². The number of hydrogen-bond donors (Lipinski definition) is 1. The fourth-order valence-corrected chi connectivity index (χ4v) is 1.74. The minimum atomic E-state index is -0.446. The van der Waals surface area contributed by atoms with Gasteiger partial charge in [-0.2, -0.15) is 0 Å². The first-order valence-corrected chi connectivity index (χ1v) is 5.09. The highest BCUT2D eigenvalue weighted by Crippen LogP contribution is 2.31. The van der Waals surface area contributed by atoms with Crippen molar-refractivity contribution in [3.63, 3.8) is 0 Å². The molecule has 4 nitrogen and oxygen atoms in total. The number of methoxy groups -OCH3 is 1. The first kappa shape index (κ1) is 11.3. The number of ether oxygens (including phenoxy) is 1. The van der Waals surface area contributed by atoms with Crippen LogP contribution >= 0.6 is 0 Å². The monoisotopic (exact) mass is 232 g/mol. The summed E-state index contributed by atoms with van der Waals surface area (Å²) in [5.74, 6) is -0.436. The Morgan fingerprint density at radius 1 is 1.59 bits per heavy atom. The number of allylic oxidation sites excluding steroid dienone is 1. The number of furan rings is 1. The number of aromatic hydroxyl groups is 1. The van der Waals surface area contributed by atoms with Crippen LogP contribution in [0.1, 0.15) is 15.9 Å². The molecule has 17 heavy (non-hydrogen) atoms. The maximum absolute atomic E-state index is 11.5. The number of fused-ring (bicyclic) bond motifs is 1. The molecule has 2 aromatic rings. The first-order chi connectivity index (χ1) is 8.17. The average Bonchev–Trinajstić information content (AvgIpc) is 2.71. The number of esters is 1. The summed E-state index contributed by atoms with van der Waals surface area (Å²) in [5.41, 5.74) is 1.74. The van der Waals surface area contributed by atoms with Crippen LogP contribution in [-0.4, -0.2) is 18.2 Å². The van der Waals surface area contributed by atoms with Gasteiger partial charge >= 0.3 is 5.97 Å². The molecule has 1 aromatic heterocycles. The van der Waals surface area contributed by atoms with E-state index in [4.69, 9.17) is 4.42 Å². The molecule has 0 aliphatic carbocycles. The summed E-state index contributed by atoms with van der Waals surface area (Å²) in [7, 11) is 1.31. The van der Waals surface area contributed by atoms with Crippen molar-refractivity contribution in [2.45, 2.75) is 6.42 Å². The SMILES string of the molecule is C=CCc1cc(C(=O)OC)cc2c(O)coc12. The van der Waals surface area contributed by atoms with Crippen LogP contribution in [0.5, 0.6) is 5.75 Å². The molecule has 0 atom stereocenters. The third kappa shape index (κ3) is 1.89. The largest absolute Gasteiger partial charge is 0.504 e. The Labute approximate surface area is 98.1 Å². The molecule has 0 bridgehead atoms. The first-order valence-electron chi connectivity index (χ1n) is 5.09. The van der Waals surface area contributed by atoms with Crippen LogP contribution in [0.3, 0.4) is 0 Å². The molecule has 88 valence electrons. The molecule has 0 amide bonds. The smallest absolute Gasteiger partial charge is 0.337 e. The van der Waals surface area contributed by atoms with Crippen molar-refractivity contribution in [1.29, 1.82) is 0 Å². The van der Waals surface area contributed by atoms with E-state index in [2.05, 4.69) is 11.3 Å². The standard InChI is InChI=1S/C13H12O4/c1-3-4-8-5-9(13(15)16-2)6-10-11(14)7-17-12(8)10/h3,5-7,14H,1,4H2,2H3. The van der Waals surface area contributed by atoms with Gasteiger partial charge in [0, 0.05) is 5.56 Å². The quantitative estimate of drug-likeness (QED) is 0.652. The van der Waals surface area contributed by atoms with Crippen LogP contribution in [0, 0.1) is 0 Å². The van der Waals surface area contributed by atoms with E-state index in [9.17, 15) is 9.90 Å². The second-order valence-corrected chi connectivity index (χ2v) is 3.62. The molecule has 2 rings (SSSR count). The van der Waals surface area contributed by atoms with Crippen LogP contribution in [-0.2, 0) is 11.2 Å². The predicted molar refractivity (Wildman–Crippen MR) is 63.1 cm³/mol. The Balaban J connectivity index is 2.68. The fourth-order valence-electron chi connectivity index (χ4n) is 1.74. The van der Waals surface area contributed by atoms with Gasteiger partial charge in [0.1, 0.15) is 11.8 Å². The highest BCUT2D eigenvalue weighted by atomic mass is 16.5. The normalized spacial score (nSPS) is 10.4. The number of carbonyl (C=O) groups is 1. The van der Waals surface area contributed by atoms with Crippen LogP contribution in [0.25, 0.3) is 11.0 Å². The summed E-state index contributed by atoms with van der Waals surface area (Å²) in [6.07, 6.45) is 3.50. The van der Waals surface area contributed by atoms with Crippen molar-refractivity contribution in [2.24, 2.45) is 0 Å². The minimum Gasteiger partial charge on any atom is -0.504 e. The number of carbonyl (C=O) groups excluding carboxylic acids is 1. The molecule has 0 aliphatic heterocycles. The Bertz CT molecular complexity index is 580. The summed E-state index contributed by atoms with van der Waals surface area (Å²) in [6.45, 7) is 3.64. The second-order valence-electron chi connectivity index (χ2n) is 3.62. The van der Waals surface area contributed by atoms with E-state index >= 15 is 0 Å². The van der Waals surface area contributed by atoms with Gasteiger partial charge in [0.2, 0.25) is 0 Å². The third-order valence-corrected chi connectivity index (χ3v) is 2.52. The van der Waals surface area contributed by atoms with Crippen LogP contribution < -0.4 is 0 Å². The lowest BCUT2D eigenvalue weighted by Gasteiger charge is -2.03. The number of benzene rings is 1. The van der Waals surface area contributed by atoms with Gasteiger partial charge in [0.15, 0.2) is 5.75 Å². The molecule has 1 aromatic carbocycles. The highest BCUT2D eigenvalue weighted by molar-refractivity contribution is 5.97. The lowest BCUT2D eigenvalue weighted by atomic mass is 10.0. The molecule has 0 aliphatic rings. The third-order valence-electron chi connectivity index (χ3n) is 2.52. The van der Waals surface area contributed by atoms with Crippen LogP contribution in [0.15, 0.2) is 35.5 Å². The van der Waals surface area contributed by atoms with E-state index in [0.29, 0.717) is 23.0 Å². The second kappa shape index (κ2) is 4.33. The summed E-state index contributed by atoms with van der Waals surface area (Å²) in [6, 6.07) is 3.23. The molecule has 4 heteroatoms. The van der Waals surface area contributed by atoms with Gasteiger partial charge in [0.05, 0.1) is 18.1 Å². The van der Waals surface area contributed by atoms with Gasteiger partial charge in [-0.15, -0.1) is 6.58 Å². The van der Waals surface area contributed by atoms with E-state index in [-0.39, 0.29) is 5.75 Å². The average molecular weight is 232 g/mol. The van der Waals surface area contributed by atoms with Gasteiger partial charge in [-0.3, -0.25) is 0 Å². The molecule has 0 radical (unpaired) electrons. The zero-order valence-corrected chi connectivity index (χ0v) is 9.40. The Morgan fingerprint density at radius 3 is 3.00 bits per heavy atom. The maximum atomic E-state index is 11.5. The van der Waals surface area contributed by atoms with Gasteiger partial charge in [-0.25, -0.2) is 4.79 Å². The van der Waals surface area contributed by atoms with Crippen molar-refractivity contribution in [3.8, 4) is 5.75 Å². The van der Waals surface area contributed by atoms with Gasteiger partial charge in [-0.1, -0.05) is 6.08 Å². The van der Waals surface area contributed by atoms with Crippen molar-refractivity contribution >= 4 is 16.9 Å². The molecule has 1 N–H and O–H groups in total. The van der Waals surface area contributed by atoms with E-state index < -0.39 is 5.97 Å². The van der Waals surface area contributed by atoms with Gasteiger partial charge in [-0.05, 0) is 18.6 Å². The molecule has 1 heterocycles. The predicted octanol–water partition coefficient (Wildman–Crippen LogP) is 2.65. The topological polar surface area (TPSA) is 59.7 Å². The lowest BCUT2D eigenvalue weighted by molar-refractivity contribution is 0.0601. The van der Waals surface area contributed by atoms with Crippen molar-refractivity contribution in [3.05, 3.63) is 42.2 Å². The minimum absolute atomic E-state index is 0.0102. The Morgan fingerprint density at radius 2 is 2.35 bits per heavy atom. The molecular formula is C13H12O4. The fraction of sp³-hybridized carbons (Fsp3) is 0.154. The van der Waals surface area contributed by atoms with Crippen LogP contribution in [0.4, 0.5) is 0 Å². The number of rotatable bonds is 3. The highest BCUT2D eigenvalue weighted by Gasteiger charge is 2.14. The van der Waals surface area contributed by atoms with E-state index in [0.717, 1.165) is 5.56 Å². The van der Waals surface area contributed by atoms with E-state index in [1.165, 1.54) is 13.4 Å². The zero-order valence-electron chi connectivity index (χ0n) is 9.40. The Hall–Kier alpha value is -2.23. The summed E-state index contributed by atoms with van der Waals surface area (Å²) >= 11 is 0. The molecule has 0 unspecified atom stereocenters. The lowest BCUT2D eigenvalue weighted by Crippen LogP contribution is -2.02. The molecule has 0 saturated heterocycles.